The SMILES string of the molecule is Nc1ccc(F)c(C(=O)c2cc(Cl)c(Br)cc2F)c1F. The Hall–Kier alpha value is -1.53. The topological polar surface area (TPSA) is 43.1 Å². The van der Waals surface area contributed by atoms with Crippen molar-refractivity contribution in [2.75, 3.05) is 5.73 Å². The van der Waals surface area contributed by atoms with Gasteiger partial charge in [0.25, 0.3) is 0 Å². The summed E-state index contributed by atoms with van der Waals surface area (Å²) < 4.78 is 41.3. The van der Waals surface area contributed by atoms with Crippen LogP contribution in [0.1, 0.15) is 15.9 Å². The van der Waals surface area contributed by atoms with Crippen molar-refractivity contribution in [1.29, 1.82) is 0 Å². The molecule has 0 bridgehead atoms. The lowest BCUT2D eigenvalue weighted by Gasteiger charge is -2.08. The molecule has 0 saturated carbocycles. The van der Waals surface area contributed by atoms with Crippen LogP contribution in [0.5, 0.6) is 0 Å². The van der Waals surface area contributed by atoms with Gasteiger partial charge in [-0.25, -0.2) is 13.2 Å². The van der Waals surface area contributed by atoms with Gasteiger partial charge in [-0.05, 0) is 40.2 Å². The lowest BCUT2D eigenvalue weighted by molar-refractivity contribution is 0.102. The van der Waals surface area contributed by atoms with E-state index in [-0.39, 0.29) is 9.50 Å². The van der Waals surface area contributed by atoms with Crippen molar-refractivity contribution in [3.8, 4) is 0 Å². The molecule has 0 spiro atoms. The molecule has 0 atom stereocenters. The highest BCUT2D eigenvalue weighted by molar-refractivity contribution is 9.10. The van der Waals surface area contributed by atoms with E-state index < -0.39 is 40.0 Å². The fraction of sp³-hybridized carbons (Fsp3) is 0. The molecule has 2 aromatic rings. The number of carbonyl (C=O) groups excluding carboxylic acids is 1. The first kappa shape index (κ1) is 14.9. The van der Waals surface area contributed by atoms with E-state index in [4.69, 9.17) is 17.3 Å². The maximum Gasteiger partial charge on any atom is 0.202 e. The summed E-state index contributed by atoms with van der Waals surface area (Å²) >= 11 is 8.72. The van der Waals surface area contributed by atoms with Gasteiger partial charge in [0, 0.05) is 4.47 Å². The highest BCUT2D eigenvalue weighted by Gasteiger charge is 2.24. The number of nitrogen functional groups attached to an aromatic ring is 1. The van der Waals surface area contributed by atoms with Gasteiger partial charge in [0.2, 0.25) is 5.78 Å². The van der Waals surface area contributed by atoms with Gasteiger partial charge in [-0.2, -0.15) is 0 Å². The van der Waals surface area contributed by atoms with Gasteiger partial charge in [-0.15, -0.1) is 0 Å². The number of ketones is 1. The van der Waals surface area contributed by atoms with Crippen molar-refractivity contribution in [2.24, 2.45) is 0 Å². The Labute approximate surface area is 125 Å². The first-order chi connectivity index (χ1) is 9.32. The van der Waals surface area contributed by atoms with Crippen LogP contribution >= 0.6 is 27.5 Å². The number of rotatable bonds is 2. The molecule has 2 nitrogen and oxygen atoms in total. The highest BCUT2D eigenvalue weighted by atomic mass is 79.9. The predicted octanol–water partition coefficient (Wildman–Crippen LogP) is 4.33. The Morgan fingerprint density at radius 3 is 2.45 bits per heavy atom. The fourth-order valence-corrected chi connectivity index (χ4v) is 2.09. The molecule has 0 aliphatic rings. The van der Waals surface area contributed by atoms with Crippen LogP contribution in [0.4, 0.5) is 18.9 Å². The quantitative estimate of drug-likeness (QED) is 0.489. The molecule has 2 aromatic carbocycles. The Bertz CT molecular complexity index is 721. The van der Waals surface area contributed by atoms with Crippen LogP contribution in [-0.4, -0.2) is 5.78 Å². The molecule has 0 aliphatic heterocycles. The molecule has 7 heteroatoms. The molecule has 2 N–H and O–H groups in total. The lowest BCUT2D eigenvalue weighted by atomic mass is 10.0. The van der Waals surface area contributed by atoms with Crippen molar-refractivity contribution < 1.29 is 18.0 Å². The molecule has 0 saturated heterocycles. The lowest BCUT2D eigenvalue weighted by Crippen LogP contribution is -2.11. The standard InChI is InChI=1S/C13H6BrClF3NO/c14-6-4-9(17)5(3-7(6)15)13(20)11-8(16)1-2-10(19)12(11)18/h1-4H,19H2. The summed E-state index contributed by atoms with van der Waals surface area (Å²) in [5.74, 6) is -4.47. The van der Waals surface area contributed by atoms with Gasteiger partial charge in [-0.3, -0.25) is 4.79 Å². The minimum Gasteiger partial charge on any atom is -0.396 e. The van der Waals surface area contributed by atoms with Crippen LogP contribution in [0.3, 0.4) is 0 Å². The molecule has 2 rings (SSSR count). The van der Waals surface area contributed by atoms with E-state index in [2.05, 4.69) is 15.9 Å². The second-order valence-corrected chi connectivity index (χ2v) is 5.16. The normalized spacial score (nSPS) is 10.7. The Morgan fingerprint density at radius 1 is 1.15 bits per heavy atom. The van der Waals surface area contributed by atoms with Crippen LogP contribution in [0, 0.1) is 17.5 Å². The van der Waals surface area contributed by atoms with E-state index in [9.17, 15) is 18.0 Å². The van der Waals surface area contributed by atoms with Gasteiger partial charge in [0.05, 0.1) is 21.8 Å². The van der Waals surface area contributed by atoms with Crippen LogP contribution in [0.15, 0.2) is 28.7 Å². The zero-order chi connectivity index (χ0) is 15.0. The van der Waals surface area contributed by atoms with Crippen molar-refractivity contribution in [2.45, 2.75) is 0 Å². The smallest absolute Gasteiger partial charge is 0.202 e. The van der Waals surface area contributed by atoms with Crippen LogP contribution in [-0.2, 0) is 0 Å². The molecular weight excluding hydrogens is 359 g/mol. The molecule has 0 amide bonds. The highest BCUT2D eigenvalue weighted by Crippen LogP contribution is 2.29. The molecule has 0 radical (unpaired) electrons. The van der Waals surface area contributed by atoms with Crippen LogP contribution in [0.2, 0.25) is 5.02 Å². The number of anilines is 1. The third-order valence-corrected chi connectivity index (χ3v) is 3.80. The van der Waals surface area contributed by atoms with Gasteiger partial charge >= 0.3 is 0 Å². The predicted molar refractivity (Wildman–Crippen MR) is 73.3 cm³/mol. The number of hydrogen-bond donors (Lipinski definition) is 1. The van der Waals surface area contributed by atoms with Crippen molar-refractivity contribution >= 4 is 39.0 Å². The summed E-state index contributed by atoms with van der Waals surface area (Å²) in [7, 11) is 0. The molecule has 104 valence electrons. The van der Waals surface area contributed by atoms with Gasteiger partial charge in [0.15, 0.2) is 5.82 Å². The summed E-state index contributed by atoms with van der Waals surface area (Å²) in [6.45, 7) is 0. The van der Waals surface area contributed by atoms with Crippen LogP contribution in [0.25, 0.3) is 0 Å². The number of hydrogen-bond acceptors (Lipinski definition) is 2. The zero-order valence-electron chi connectivity index (χ0n) is 9.68. The largest absolute Gasteiger partial charge is 0.396 e. The van der Waals surface area contributed by atoms with Crippen molar-refractivity contribution in [1.82, 2.24) is 0 Å². The summed E-state index contributed by atoms with van der Waals surface area (Å²) in [6, 6.07) is 3.75. The number of benzene rings is 2. The van der Waals surface area contributed by atoms with E-state index >= 15 is 0 Å². The first-order valence-electron chi connectivity index (χ1n) is 5.25. The van der Waals surface area contributed by atoms with Gasteiger partial charge < -0.3 is 5.73 Å². The monoisotopic (exact) mass is 363 g/mol. The molecule has 0 unspecified atom stereocenters. The third kappa shape index (κ3) is 2.53. The zero-order valence-corrected chi connectivity index (χ0v) is 12.0. The number of nitrogens with two attached hydrogens (primary N) is 1. The third-order valence-electron chi connectivity index (χ3n) is 2.60. The minimum atomic E-state index is -1.23. The molecule has 20 heavy (non-hydrogen) atoms. The molecule has 0 aromatic heterocycles. The first-order valence-corrected chi connectivity index (χ1v) is 6.42. The van der Waals surface area contributed by atoms with Crippen LogP contribution < -0.4 is 5.73 Å². The summed E-state index contributed by atoms with van der Waals surface area (Å²) in [5.41, 5.74) is 3.42. The van der Waals surface area contributed by atoms with E-state index in [1.165, 1.54) is 0 Å². The summed E-state index contributed by atoms with van der Waals surface area (Å²) in [4.78, 5) is 12.1. The second kappa shape index (κ2) is 5.46. The average molecular weight is 365 g/mol. The molecule has 0 heterocycles. The fourth-order valence-electron chi connectivity index (χ4n) is 1.61. The minimum absolute atomic E-state index is 0.0412. The van der Waals surface area contributed by atoms with E-state index in [1.807, 2.05) is 0 Å². The van der Waals surface area contributed by atoms with Gasteiger partial charge in [0.1, 0.15) is 11.6 Å². The maximum atomic E-state index is 13.8. The number of halogens is 5. The van der Waals surface area contributed by atoms with Crippen molar-refractivity contribution in [3.05, 3.63) is 62.3 Å². The average Bonchev–Trinajstić information content (AvgIpc) is 2.38. The number of carbonyl (C=O) groups is 1. The maximum absolute atomic E-state index is 13.8. The summed E-state index contributed by atoms with van der Waals surface area (Å²) in [5, 5.41) is 0.0412. The summed E-state index contributed by atoms with van der Waals surface area (Å²) in [6.07, 6.45) is 0. The second-order valence-electron chi connectivity index (χ2n) is 3.90. The molecular formula is C13H6BrClF3NO. The Balaban J connectivity index is 2.64. The Morgan fingerprint density at radius 2 is 1.80 bits per heavy atom. The molecule has 0 aliphatic carbocycles. The van der Waals surface area contributed by atoms with E-state index in [0.717, 1.165) is 24.3 Å². The van der Waals surface area contributed by atoms with E-state index in [0.29, 0.717) is 0 Å². The Kier molecular flexibility index (Phi) is 4.06. The van der Waals surface area contributed by atoms with E-state index in [1.54, 1.807) is 0 Å². The van der Waals surface area contributed by atoms with Crippen molar-refractivity contribution in [3.63, 3.8) is 0 Å². The van der Waals surface area contributed by atoms with Gasteiger partial charge in [-0.1, -0.05) is 11.6 Å². The molecule has 0 fully saturated rings.